The van der Waals surface area contributed by atoms with E-state index < -0.39 is 11.6 Å². The summed E-state index contributed by atoms with van der Waals surface area (Å²) in [6.07, 6.45) is 0. The van der Waals surface area contributed by atoms with Crippen molar-refractivity contribution in [2.24, 2.45) is 0 Å². The maximum absolute atomic E-state index is 13.8. The summed E-state index contributed by atoms with van der Waals surface area (Å²) in [5.41, 5.74) is 3.48. The van der Waals surface area contributed by atoms with Gasteiger partial charge in [0.25, 0.3) is 0 Å². The molecule has 0 saturated carbocycles. The van der Waals surface area contributed by atoms with Crippen LogP contribution in [0.4, 0.5) is 19.6 Å². The van der Waals surface area contributed by atoms with Gasteiger partial charge in [-0.05, 0) is 49.2 Å². The van der Waals surface area contributed by atoms with E-state index in [1.54, 1.807) is 5.38 Å². The molecule has 0 saturated heterocycles. The van der Waals surface area contributed by atoms with Crippen molar-refractivity contribution in [3.63, 3.8) is 0 Å². The van der Waals surface area contributed by atoms with Crippen LogP contribution < -0.4 is 5.32 Å². The second kappa shape index (κ2) is 5.85. The third-order valence-electron chi connectivity index (χ3n) is 3.48. The first-order valence-corrected chi connectivity index (χ1v) is 7.67. The van der Waals surface area contributed by atoms with Gasteiger partial charge in [0.1, 0.15) is 11.6 Å². The normalized spacial score (nSPS) is 10.7. The average molecular weight is 316 g/mol. The van der Waals surface area contributed by atoms with Crippen molar-refractivity contribution >= 4 is 22.2 Å². The Kier molecular flexibility index (Phi) is 3.90. The maximum Gasteiger partial charge on any atom is 0.187 e. The van der Waals surface area contributed by atoms with E-state index in [4.69, 9.17) is 0 Å². The van der Waals surface area contributed by atoms with E-state index in [9.17, 15) is 8.78 Å². The fourth-order valence-corrected chi connectivity index (χ4v) is 2.85. The number of rotatable bonds is 3. The molecule has 0 aliphatic rings. The van der Waals surface area contributed by atoms with Gasteiger partial charge in [-0.15, -0.1) is 11.3 Å². The molecule has 0 radical (unpaired) electrons. The molecule has 112 valence electrons. The zero-order chi connectivity index (χ0) is 15.7. The third kappa shape index (κ3) is 2.85. The smallest absolute Gasteiger partial charge is 0.187 e. The van der Waals surface area contributed by atoms with Gasteiger partial charge in [-0.1, -0.05) is 12.1 Å². The molecule has 2 nitrogen and oxygen atoms in total. The lowest BCUT2D eigenvalue weighted by Crippen LogP contribution is -1.93. The minimum Gasteiger partial charge on any atom is -0.332 e. The van der Waals surface area contributed by atoms with Crippen LogP contribution in [0.25, 0.3) is 11.3 Å². The van der Waals surface area contributed by atoms with Gasteiger partial charge in [0.15, 0.2) is 5.13 Å². The van der Waals surface area contributed by atoms with Crippen LogP contribution in [-0.4, -0.2) is 4.98 Å². The highest BCUT2D eigenvalue weighted by atomic mass is 32.1. The van der Waals surface area contributed by atoms with Crippen LogP contribution in [0.1, 0.15) is 11.1 Å². The summed E-state index contributed by atoms with van der Waals surface area (Å²) >= 11 is 1.31. The second-order valence-corrected chi connectivity index (χ2v) is 5.92. The molecule has 0 fully saturated rings. The van der Waals surface area contributed by atoms with Crippen LogP contribution >= 0.6 is 11.3 Å². The van der Waals surface area contributed by atoms with E-state index in [1.807, 2.05) is 32.0 Å². The lowest BCUT2D eigenvalue weighted by molar-refractivity contribution is 0.589. The predicted octanol–water partition coefficient (Wildman–Crippen LogP) is 5.45. The van der Waals surface area contributed by atoms with E-state index >= 15 is 0 Å². The number of nitrogens with zero attached hydrogens (tertiary/aromatic N) is 1. The summed E-state index contributed by atoms with van der Waals surface area (Å²) in [5, 5.41) is 5.41. The number of nitrogens with one attached hydrogen (secondary N) is 1. The van der Waals surface area contributed by atoms with Gasteiger partial charge in [-0.2, -0.15) is 0 Å². The first-order chi connectivity index (χ1) is 10.5. The number of hydrogen-bond acceptors (Lipinski definition) is 3. The Bertz CT molecular complexity index is 807. The predicted molar refractivity (Wildman–Crippen MR) is 86.7 cm³/mol. The minimum atomic E-state index is -0.608. The number of anilines is 2. The zero-order valence-electron chi connectivity index (χ0n) is 12.2. The van der Waals surface area contributed by atoms with Crippen LogP contribution in [-0.2, 0) is 0 Å². The molecular weight excluding hydrogens is 302 g/mol. The van der Waals surface area contributed by atoms with Crippen molar-refractivity contribution in [1.82, 2.24) is 4.98 Å². The molecule has 3 aromatic rings. The molecule has 0 aliphatic heterocycles. The van der Waals surface area contributed by atoms with Gasteiger partial charge in [0, 0.05) is 11.1 Å². The number of thiazole rings is 1. The Morgan fingerprint density at radius 2 is 1.73 bits per heavy atom. The summed E-state index contributed by atoms with van der Waals surface area (Å²) in [4.78, 5) is 4.28. The van der Waals surface area contributed by atoms with Gasteiger partial charge in [0.2, 0.25) is 0 Å². The van der Waals surface area contributed by atoms with Crippen molar-refractivity contribution in [3.05, 3.63) is 64.5 Å². The van der Waals surface area contributed by atoms with Gasteiger partial charge in [-0.3, -0.25) is 0 Å². The Morgan fingerprint density at radius 3 is 2.41 bits per heavy atom. The molecule has 5 heteroatoms. The molecule has 0 aliphatic carbocycles. The van der Waals surface area contributed by atoms with Crippen LogP contribution in [0.3, 0.4) is 0 Å². The van der Waals surface area contributed by atoms with E-state index in [-0.39, 0.29) is 5.56 Å². The largest absolute Gasteiger partial charge is 0.332 e. The van der Waals surface area contributed by atoms with Crippen LogP contribution in [0.5, 0.6) is 0 Å². The number of halogens is 2. The molecule has 1 heterocycles. The minimum absolute atomic E-state index is 0.0908. The Labute approximate surface area is 131 Å². The Hall–Kier alpha value is -2.27. The maximum atomic E-state index is 13.8. The highest BCUT2D eigenvalue weighted by Crippen LogP contribution is 2.30. The molecule has 0 spiro atoms. The standard InChI is InChI=1S/C17H14F2N2S/c1-10-6-7-12(8-11(10)2)20-17-21-15(9-22-17)16-13(18)4-3-5-14(16)19/h3-9H,1-2H3,(H,20,21). The van der Waals surface area contributed by atoms with Crippen LogP contribution in [0.15, 0.2) is 41.8 Å². The van der Waals surface area contributed by atoms with Crippen molar-refractivity contribution in [2.75, 3.05) is 5.32 Å². The van der Waals surface area contributed by atoms with E-state index in [0.717, 1.165) is 5.69 Å². The molecule has 0 unspecified atom stereocenters. The second-order valence-electron chi connectivity index (χ2n) is 5.06. The van der Waals surface area contributed by atoms with Gasteiger partial charge < -0.3 is 5.32 Å². The van der Waals surface area contributed by atoms with E-state index in [1.165, 1.54) is 40.7 Å². The molecule has 1 N–H and O–H groups in total. The van der Waals surface area contributed by atoms with Crippen molar-refractivity contribution in [1.29, 1.82) is 0 Å². The summed E-state index contributed by atoms with van der Waals surface area (Å²) in [6.45, 7) is 4.07. The first-order valence-electron chi connectivity index (χ1n) is 6.79. The number of hydrogen-bond donors (Lipinski definition) is 1. The average Bonchev–Trinajstić information content (AvgIpc) is 2.91. The molecule has 3 rings (SSSR count). The fourth-order valence-electron chi connectivity index (χ4n) is 2.13. The lowest BCUT2D eigenvalue weighted by atomic mass is 10.1. The summed E-state index contributed by atoms with van der Waals surface area (Å²) in [7, 11) is 0. The van der Waals surface area contributed by atoms with Crippen molar-refractivity contribution in [3.8, 4) is 11.3 Å². The number of benzene rings is 2. The van der Waals surface area contributed by atoms with Crippen LogP contribution in [0.2, 0.25) is 0 Å². The Balaban J connectivity index is 1.89. The topological polar surface area (TPSA) is 24.9 Å². The molecule has 1 aromatic heterocycles. The number of aromatic nitrogens is 1. The first kappa shape index (κ1) is 14.7. The lowest BCUT2D eigenvalue weighted by Gasteiger charge is -2.06. The molecule has 0 bridgehead atoms. The fraction of sp³-hybridized carbons (Fsp3) is 0.118. The highest BCUT2D eigenvalue weighted by molar-refractivity contribution is 7.14. The molecule has 0 amide bonds. The van der Waals surface area contributed by atoms with Gasteiger partial charge >= 0.3 is 0 Å². The molecule has 22 heavy (non-hydrogen) atoms. The van der Waals surface area contributed by atoms with E-state index in [2.05, 4.69) is 10.3 Å². The highest BCUT2D eigenvalue weighted by Gasteiger charge is 2.14. The molecule has 0 atom stereocenters. The van der Waals surface area contributed by atoms with Gasteiger partial charge in [-0.25, -0.2) is 13.8 Å². The monoisotopic (exact) mass is 316 g/mol. The Morgan fingerprint density at radius 1 is 1.00 bits per heavy atom. The van der Waals surface area contributed by atoms with Gasteiger partial charge in [0.05, 0.1) is 11.3 Å². The van der Waals surface area contributed by atoms with E-state index in [0.29, 0.717) is 10.8 Å². The summed E-state index contributed by atoms with van der Waals surface area (Å²) in [5.74, 6) is -1.22. The molecular formula is C17H14F2N2S. The third-order valence-corrected chi connectivity index (χ3v) is 4.24. The van der Waals surface area contributed by atoms with Crippen LogP contribution in [0, 0.1) is 25.5 Å². The summed E-state index contributed by atoms with van der Waals surface area (Å²) in [6, 6.07) is 9.78. The number of aryl methyl sites for hydroxylation is 2. The molecule has 2 aromatic carbocycles. The quantitative estimate of drug-likeness (QED) is 0.695. The van der Waals surface area contributed by atoms with Crippen molar-refractivity contribution in [2.45, 2.75) is 13.8 Å². The SMILES string of the molecule is Cc1ccc(Nc2nc(-c3c(F)cccc3F)cs2)cc1C. The van der Waals surface area contributed by atoms with Crippen molar-refractivity contribution < 1.29 is 8.78 Å². The summed E-state index contributed by atoms with van der Waals surface area (Å²) < 4.78 is 27.5. The zero-order valence-corrected chi connectivity index (χ0v) is 13.0.